The van der Waals surface area contributed by atoms with E-state index in [0.29, 0.717) is 11.1 Å². The molecule has 0 bridgehead atoms. The van der Waals surface area contributed by atoms with Gasteiger partial charge in [-0.15, -0.1) is 0 Å². The SMILES string of the molecule is Cc1cc(C(F)(F)F)ccc1C(C)NC(=O)OC(Cc1ncccn1)C(=O)OC(C)C. The zero-order valence-electron chi connectivity index (χ0n) is 17.6. The molecule has 0 radical (unpaired) electrons. The van der Waals surface area contributed by atoms with Crippen molar-refractivity contribution in [3.8, 4) is 0 Å². The number of aryl methyl sites for hydroxylation is 1. The Morgan fingerprint density at radius 1 is 1.10 bits per heavy atom. The molecule has 0 spiro atoms. The normalized spacial score (nSPS) is 13.4. The molecule has 2 aromatic rings. The van der Waals surface area contributed by atoms with Gasteiger partial charge in [-0.1, -0.05) is 6.07 Å². The zero-order valence-corrected chi connectivity index (χ0v) is 17.6. The minimum Gasteiger partial charge on any atom is -0.460 e. The van der Waals surface area contributed by atoms with Gasteiger partial charge >= 0.3 is 18.2 Å². The lowest BCUT2D eigenvalue weighted by Crippen LogP contribution is -2.38. The lowest BCUT2D eigenvalue weighted by atomic mass is 10.00. The van der Waals surface area contributed by atoms with Gasteiger partial charge in [0.05, 0.1) is 24.1 Å². The van der Waals surface area contributed by atoms with Crippen LogP contribution in [0.15, 0.2) is 36.7 Å². The molecule has 0 saturated heterocycles. The van der Waals surface area contributed by atoms with Crippen LogP contribution in [0.5, 0.6) is 0 Å². The third-order valence-corrected chi connectivity index (χ3v) is 4.25. The fraction of sp³-hybridized carbons (Fsp3) is 0.429. The van der Waals surface area contributed by atoms with E-state index in [9.17, 15) is 22.8 Å². The molecule has 2 rings (SSSR count). The Balaban J connectivity index is 2.09. The summed E-state index contributed by atoms with van der Waals surface area (Å²) in [6.45, 7) is 6.43. The number of carbonyl (C=O) groups is 2. The number of halogens is 3. The van der Waals surface area contributed by atoms with E-state index in [4.69, 9.17) is 9.47 Å². The summed E-state index contributed by atoms with van der Waals surface area (Å²) in [6, 6.07) is 4.19. The van der Waals surface area contributed by atoms with Crippen LogP contribution in [0.1, 0.15) is 49.3 Å². The van der Waals surface area contributed by atoms with E-state index in [2.05, 4.69) is 15.3 Å². The van der Waals surface area contributed by atoms with Crippen LogP contribution in [0.2, 0.25) is 0 Å². The van der Waals surface area contributed by atoms with Gasteiger partial charge in [0, 0.05) is 12.4 Å². The van der Waals surface area contributed by atoms with Crippen molar-refractivity contribution >= 4 is 12.1 Å². The van der Waals surface area contributed by atoms with Crippen molar-refractivity contribution in [1.29, 1.82) is 0 Å². The third-order valence-electron chi connectivity index (χ3n) is 4.25. The predicted octanol–water partition coefficient (Wildman–Crippen LogP) is 4.15. The maximum atomic E-state index is 12.9. The second kappa shape index (κ2) is 10.2. The molecular weight excluding hydrogens is 415 g/mol. The van der Waals surface area contributed by atoms with E-state index < -0.39 is 42.1 Å². The number of hydrogen-bond donors (Lipinski definition) is 1. The summed E-state index contributed by atoms with van der Waals surface area (Å²) < 4.78 is 48.9. The number of hydrogen-bond acceptors (Lipinski definition) is 6. The first-order valence-corrected chi connectivity index (χ1v) is 9.58. The van der Waals surface area contributed by atoms with Gasteiger partial charge in [-0.05, 0) is 57.0 Å². The van der Waals surface area contributed by atoms with Gasteiger partial charge in [0.2, 0.25) is 6.10 Å². The molecule has 7 nitrogen and oxygen atoms in total. The van der Waals surface area contributed by atoms with E-state index in [1.807, 2.05) is 0 Å². The van der Waals surface area contributed by atoms with E-state index in [1.54, 1.807) is 26.8 Å². The number of ether oxygens (including phenoxy) is 2. The number of alkyl carbamates (subject to hydrolysis) is 1. The van der Waals surface area contributed by atoms with Crippen LogP contribution in [0.25, 0.3) is 0 Å². The van der Waals surface area contributed by atoms with Gasteiger partial charge in [-0.2, -0.15) is 13.2 Å². The smallest absolute Gasteiger partial charge is 0.416 e. The Morgan fingerprint density at radius 3 is 2.29 bits per heavy atom. The number of aromatic nitrogens is 2. The standard InChI is InChI=1S/C21H24F3N3O4/c1-12(2)30-19(28)17(11-18-25-8-5-9-26-18)31-20(29)27-14(4)16-7-6-15(10-13(16)3)21(22,23)24/h5-10,12,14,17H,11H2,1-4H3,(H,27,29). The number of esters is 1. The minimum absolute atomic E-state index is 0.0898. The van der Waals surface area contributed by atoms with E-state index in [0.717, 1.165) is 12.1 Å². The predicted molar refractivity (Wildman–Crippen MR) is 105 cm³/mol. The number of rotatable bonds is 7. The first kappa shape index (κ1) is 24.1. The lowest BCUT2D eigenvalue weighted by molar-refractivity contribution is -0.157. The lowest BCUT2D eigenvalue weighted by Gasteiger charge is -2.21. The average molecular weight is 439 g/mol. The van der Waals surface area contributed by atoms with Crippen molar-refractivity contribution < 1.29 is 32.2 Å². The largest absolute Gasteiger partial charge is 0.460 e. The first-order chi connectivity index (χ1) is 14.5. The number of carbonyl (C=O) groups excluding carboxylic acids is 2. The fourth-order valence-corrected chi connectivity index (χ4v) is 2.84. The van der Waals surface area contributed by atoms with Crippen LogP contribution >= 0.6 is 0 Å². The van der Waals surface area contributed by atoms with E-state index in [-0.39, 0.29) is 12.2 Å². The van der Waals surface area contributed by atoms with E-state index >= 15 is 0 Å². The number of amides is 1. The highest BCUT2D eigenvalue weighted by Gasteiger charge is 2.31. The summed E-state index contributed by atoms with van der Waals surface area (Å²) in [6.07, 6.45) is -4.20. The van der Waals surface area contributed by atoms with Crippen molar-refractivity contribution in [2.75, 3.05) is 0 Å². The summed E-state index contributed by atoms with van der Waals surface area (Å²) in [7, 11) is 0. The number of nitrogens with one attached hydrogen (secondary N) is 1. The molecule has 1 aromatic carbocycles. The van der Waals surface area contributed by atoms with Crippen molar-refractivity contribution in [1.82, 2.24) is 15.3 Å². The summed E-state index contributed by atoms with van der Waals surface area (Å²) in [5, 5.41) is 2.53. The maximum absolute atomic E-state index is 12.9. The van der Waals surface area contributed by atoms with Crippen LogP contribution in [0, 0.1) is 6.92 Å². The van der Waals surface area contributed by atoms with Gasteiger partial charge in [0.25, 0.3) is 0 Å². The second-order valence-corrected chi connectivity index (χ2v) is 7.18. The molecule has 0 fully saturated rings. The van der Waals surface area contributed by atoms with Crippen molar-refractivity contribution in [3.05, 3.63) is 59.2 Å². The quantitative estimate of drug-likeness (QED) is 0.652. The molecule has 0 saturated carbocycles. The van der Waals surface area contributed by atoms with Crippen molar-refractivity contribution in [2.45, 2.75) is 58.5 Å². The van der Waals surface area contributed by atoms with Gasteiger partial charge in [-0.3, -0.25) is 0 Å². The van der Waals surface area contributed by atoms with Gasteiger partial charge < -0.3 is 14.8 Å². The van der Waals surface area contributed by atoms with Gasteiger partial charge in [0.1, 0.15) is 5.82 Å². The Labute approximate surface area is 178 Å². The highest BCUT2D eigenvalue weighted by Crippen LogP contribution is 2.31. The van der Waals surface area contributed by atoms with Gasteiger partial charge in [0.15, 0.2) is 0 Å². The molecule has 10 heteroatoms. The second-order valence-electron chi connectivity index (χ2n) is 7.18. The fourth-order valence-electron chi connectivity index (χ4n) is 2.84. The van der Waals surface area contributed by atoms with Crippen LogP contribution in [0.3, 0.4) is 0 Å². The molecule has 0 aliphatic heterocycles. The Kier molecular flexibility index (Phi) is 7.95. The molecule has 1 amide bonds. The highest BCUT2D eigenvalue weighted by atomic mass is 19.4. The third kappa shape index (κ3) is 7.23. The summed E-state index contributed by atoms with van der Waals surface area (Å²) in [4.78, 5) is 32.8. The van der Waals surface area contributed by atoms with Crippen LogP contribution in [0.4, 0.5) is 18.0 Å². The van der Waals surface area contributed by atoms with Crippen LogP contribution in [-0.2, 0) is 26.9 Å². The topological polar surface area (TPSA) is 90.4 Å². The molecule has 31 heavy (non-hydrogen) atoms. The Morgan fingerprint density at radius 2 is 1.74 bits per heavy atom. The Bertz CT molecular complexity index is 904. The summed E-state index contributed by atoms with van der Waals surface area (Å²) >= 11 is 0. The minimum atomic E-state index is -4.46. The average Bonchev–Trinajstić information content (AvgIpc) is 2.66. The number of alkyl halides is 3. The molecular formula is C21H24F3N3O4. The molecule has 0 aliphatic rings. The summed E-state index contributed by atoms with van der Waals surface area (Å²) in [5.74, 6) is -0.469. The molecule has 1 heterocycles. The zero-order chi connectivity index (χ0) is 23.2. The van der Waals surface area contributed by atoms with Crippen LogP contribution in [-0.4, -0.2) is 34.2 Å². The number of nitrogens with zero attached hydrogens (tertiary/aromatic N) is 2. The van der Waals surface area contributed by atoms with Gasteiger partial charge in [-0.25, -0.2) is 19.6 Å². The highest BCUT2D eigenvalue weighted by molar-refractivity contribution is 5.79. The molecule has 2 atom stereocenters. The monoisotopic (exact) mass is 439 g/mol. The molecule has 0 aliphatic carbocycles. The summed E-state index contributed by atoms with van der Waals surface area (Å²) in [5.41, 5.74) is 0.0663. The molecule has 168 valence electrons. The van der Waals surface area contributed by atoms with Crippen LogP contribution < -0.4 is 5.32 Å². The maximum Gasteiger partial charge on any atom is 0.416 e. The molecule has 2 unspecified atom stereocenters. The van der Waals surface area contributed by atoms with Crippen molar-refractivity contribution in [3.63, 3.8) is 0 Å². The number of benzene rings is 1. The van der Waals surface area contributed by atoms with Crippen molar-refractivity contribution in [2.24, 2.45) is 0 Å². The Hall–Kier alpha value is -3.17. The van der Waals surface area contributed by atoms with E-state index in [1.165, 1.54) is 25.4 Å². The first-order valence-electron chi connectivity index (χ1n) is 9.58. The molecule has 1 N–H and O–H groups in total. The molecule has 1 aromatic heterocycles.